The molecule has 0 aliphatic heterocycles. The molecule has 0 radical (unpaired) electrons. The molecule has 0 fully saturated rings. The van der Waals surface area contributed by atoms with Gasteiger partial charge in [0, 0.05) is 11.1 Å². The Morgan fingerprint density at radius 2 is 2.06 bits per heavy atom. The van der Waals surface area contributed by atoms with Crippen LogP contribution in [0.15, 0.2) is 39.9 Å². The molecule has 0 bridgehead atoms. The number of hydrogen-bond acceptors (Lipinski definition) is 4. The standard InChI is InChI=1S/C10H9ClN2O2S2/c11-9-2-1-7(12)5-10(9)17(14,15)13-8-3-4-16-6-8/h1-6,13H,12H2. The first kappa shape index (κ1) is 12.2. The molecule has 0 amide bonds. The number of halogens is 1. The van der Waals surface area contributed by atoms with E-state index >= 15 is 0 Å². The highest BCUT2D eigenvalue weighted by atomic mass is 35.5. The first-order valence-electron chi connectivity index (χ1n) is 4.59. The number of nitrogen functional groups attached to an aromatic ring is 1. The number of rotatable bonds is 3. The average molecular weight is 289 g/mol. The second-order valence-corrected chi connectivity index (χ2v) is 6.15. The first-order chi connectivity index (χ1) is 7.99. The van der Waals surface area contributed by atoms with E-state index in [0.717, 1.165) is 0 Å². The molecule has 90 valence electrons. The van der Waals surface area contributed by atoms with Gasteiger partial charge in [0.2, 0.25) is 0 Å². The molecule has 7 heteroatoms. The van der Waals surface area contributed by atoms with Crippen LogP contribution < -0.4 is 10.5 Å². The number of nitrogens with two attached hydrogens (primary N) is 1. The SMILES string of the molecule is Nc1ccc(Cl)c(S(=O)(=O)Nc2ccsc2)c1. The lowest BCUT2D eigenvalue weighted by Crippen LogP contribution is -2.13. The highest BCUT2D eigenvalue weighted by Crippen LogP contribution is 2.26. The van der Waals surface area contributed by atoms with Crippen molar-refractivity contribution < 1.29 is 8.42 Å². The normalized spacial score (nSPS) is 11.4. The highest BCUT2D eigenvalue weighted by Gasteiger charge is 2.18. The van der Waals surface area contributed by atoms with E-state index in [4.69, 9.17) is 17.3 Å². The molecule has 17 heavy (non-hydrogen) atoms. The third kappa shape index (κ3) is 2.71. The maximum atomic E-state index is 12.0. The van der Waals surface area contributed by atoms with Crippen LogP contribution in [-0.2, 0) is 10.0 Å². The van der Waals surface area contributed by atoms with Gasteiger partial charge in [-0.15, -0.1) is 0 Å². The Bertz CT molecular complexity index is 624. The Balaban J connectivity index is 2.41. The van der Waals surface area contributed by atoms with E-state index in [2.05, 4.69) is 4.72 Å². The van der Waals surface area contributed by atoms with Crippen molar-refractivity contribution in [3.8, 4) is 0 Å². The fraction of sp³-hybridized carbons (Fsp3) is 0. The van der Waals surface area contributed by atoms with E-state index in [1.165, 1.54) is 23.5 Å². The monoisotopic (exact) mass is 288 g/mol. The van der Waals surface area contributed by atoms with Gasteiger partial charge in [0.15, 0.2) is 0 Å². The van der Waals surface area contributed by atoms with Crippen molar-refractivity contribution in [2.45, 2.75) is 4.90 Å². The van der Waals surface area contributed by atoms with Gasteiger partial charge in [0.05, 0.1) is 10.7 Å². The molecule has 0 atom stereocenters. The van der Waals surface area contributed by atoms with Gasteiger partial charge in [-0.2, -0.15) is 11.3 Å². The van der Waals surface area contributed by atoms with Crippen LogP contribution in [0, 0.1) is 0 Å². The largest absolute Gasteiger partial charge is 0.399 e. The van der Waals surface area contributed by atoms with Crippen LogP contribution in [0.1, 0.15) is 0 Å². The van der Waals surface area contributed by atoms with Crippen LogP contribution in [0.4, 0.5) is 11.4 Å². The number of anilines is 2. The Morgan fingerprint density at radius 1 is 1.29 bits per heavy atom. The van der Waals surface area contributed by atoms with Gasteiger partial charge in [-0.25, -0.2) is 8.42 Å². The van der Waals surface area contributed by atoms with E-state index in [-0.39, 0.29) is 9.92 Å². The summed E-state index contributed by atoms with van der Waals surface area (Å²) in [6.45, 7) is 0. The maximum absolute atomic E-state index is 12.0. The van der Waals surface area contributed by atoms with Gasteiger partial charge in [-0.05, 0) is 29.6 Å². The van der Waals surface area contributed by atoms with Crippen LogP contribution in [0.2, 0.25) is 5.02 Å². The topological polar surface area (TPSA) is 72.2 Å². The zero-order valence-electron chi connectivity index (χ0n) is 8.55. The predicted octanol–water partition coefficient (Wildman–Crippen LogP) is 2.78. The Hall–Kier alpha value is -1.24. The van der Waals surface area contributed by atoms with Gasteiger partial charge < -0.3 is 5.73 Å². The van der Waals surface area contributed by atoms with Gasteiger partial charge >= 0.3 is 0 Å². The van der Waals surface area contributed by atoms with Crippen LogP contribution in [0.25, 0.3) is 0 Å². The summed E-state index contributed by atoms with van der Waals surface area (Å²) in [7, 11) is -3.69. The minimum Gasteiger partial charge on any atom is -0.399 e. The fourth-order valence-electron chi connectivity index (χ4n) is 1.26. The molecule has 2 rings (SSSR count). The van der Waals surface area contributed by atoms with Crippen LogP contribution in [0.5, 0.6) is 0 Å². The predicted molar refractivity (Wildman–Crippen MR) is 71.0 cm³/mol. The van der Waals surface area contributed by atoms with Gasteiger partial charge in [0.25, 0.3) is 10.0 Å². The minimum absolute atomic E-state index is 0.0228. The Labute approximate surface area is 108 Å². The lowest BCUT2D eigenvalue weighted by atomic mass is 10.3. The van der Waals surface area contributed by atoms with Crippen molar-refractivity contribution in [3.63, 3.8) is 0 Å². The van der Waals surface area contributed by atoms with Crippen molar-refractivity contribution in [1.29, 1.82) is 0 Å². The minimum atomic E-state index is -3.69. The number of nitrogens with one attached hydrogen (secondary N) is 1. The van der Waals surface area contributed by atoms with Crippen molar-refractivity contribution in [2.75, 3.05) is 10.5 Å². The fourth-order valence-corrected chi connectivity index (χ4v) is 3.51. The molecular formula is C10H9ClN2O2S2. The Kier molecular flexibility index (Phi) is 3.28. The molecule has 4 nitrogen and oxygen atoms in total. The van der Waals surface area contributed by atoms with Crippen molar-refractivity contribution >= 4 is 44.3 Å². The summed E-state index contributed by atoms with van der Waals surface area (Å²) in [5, 5.41) is 3.61. The second kappa shape index (κ2) is 4.56. The van der Waals surface area contributed by atoms with Gasteiger partial charge in [-0.1, -0.05) is 11.6 Å². The summed E-state index contributed by atoms with van der Waals surface area (Å²) >= 11 is 7.25. The summed E-state index contributed by atoms with van der Waals surface area (Å²) in [6.07, 6.45) is 0. The Morgan fingerprint density at radius 3 is 2.71 bits per heavy atom. The summed E-state index contributed by atoms with van der Waals surface area (Å²) < 4.78 is 26.5. The molecule has 0 saturated carbocycles. The third-order valence-corrected chi connectivity index (χ3v) is 4.56. The summed E-state index contributed by atoms with van der Waals surface area (Å²) in [4.78, 5) is -0.0228. The first-order valence-corrected chi connectivity index (χ1v) is 7.39. The van der Waals surface area contributed by atoms with Crippen LogP contribution in [0.3, 0.4) is 0 Å². The molecule has 0 spiro atoms. The number of benzene rings is 1. The third-order valence-electron chi connectivity index (χ3n) is 2.02. The number of thiophene rings is 1. The summed E-state index contributed by atoms with van der Waals surface area (Å²) in [5.41, 5.74) is 6.40. The number of sulfonamides is 1. The maximum Gasteiger partial charge on any atom is 0.263 e. The average Bonchev–Trinajstić information content (AvgIpc) is 2.73. The highest BCUT2D eigenvalue weighted by molar-refractivity contribution is 7.92. The van der Waals surface area contributed by atoms with Crippen molar-refractivity contribution in [2.24, 2.45) is 0 Å². The smallest absolute Gasteiger partial charge is 0.263 e. The molecule has 1 aromatic heterocycles. The summed E-state index contributed by atoms with van der Waals surface area (Å²) in [6, 6.07) is 6.00. The lowest BCUT2D eigenvalue weighted by Gasteiger charge is -2.08. The molecule has 0 unspecified atom stereocenters. The zero-order valence-corrected chi connectivity index (χ0v) is 10.9. The van der Waals surface area contributed by atoms with Gasteiger partial charge in [0.1, 0.15) is 4.90 Å². The van der Waals surface area contributed by atoms with E-state index in [9.17, 15) is 8.42 Å². The second-order valence-electron chi connectivity index (χ2n) is 3.31. The van der Waals surface area contributed by atoms with Gasteiger partial charge in [-0.3, -0.25) is 4.72 Å². The molecule has 1 heterocycles. The summed E-state index contributed by atoms with van der Waals surface area (Å²) in [5.74, 6) is 0. The quantitative estimate of drug-likeness (QED) is 0.853. The lowest BCUT2D eigenvalue weighted by molar-refractivity contribution is 0.601. The molecule has 2 aromatic rings. The van der Waals surface area contributed by atoms with E-state index in [1.807, 2.05) is 0 Å². The molecule has 1 aromatic carbocycles. The van der Waals surface area contributed by atoms with E-state index in [0.29, 0.717) is 11.4 Å². The van der Waals surface area contributed by atoms with Crippen LogP contribution in [-0.4, -0.2) is 8.42 Å². The number of hydrogen-bond donors (Lipinski definition) is 2. The van der Waals surface area contributed by atoms with E-state index in [1.54, 1.807) is 22.9 Å². The molecule has 3 N–H and O–H groups in total. The van der Waals surface area contributed by atoms with Crippen molar-refractivity contribution in [1.82, 2.24) is 0 Å². The van der Waals surface area contributed by atoms with Crippen molar-refractivity contribution in [3.05, 3.63) is 40.0 Å². The van der Waals surface area contributed by atoms with Crippen LogP contribution >= 0.6 is 22.9 Å². The molecule has 0 aliphatic carbocycles. The molecule has 0 aliphatic rings. The van der Waals surface area contributed by atoms with E-state index < -0.39 is 10.0 Å². The molecule has 0 saturated heterocycles. The zero-order chi connectivity index (χ0) is 12.5. The molecular weight excluding hydrogens is 280 g/mol.